The van der Waals surface area contributed by atoms with Gasteiger partial charge in [0.25, 0.3) is 5.91 Å². The maximum Gasteiger partial charge on any atom is 0.303 e. The number of aliphatic carboxylic acids is 1. The molecule has 190 valence electrons. The van der Waals surface area contributed by atoms with Crippen LogP contribution in [0.15, 0.2) is 23.1 Å². The number of nitrogens with one attached hydrogen (secondary N) is 2. The van der Waals surface area contributed by atoms with Gasteiger partial charge in [-0.05, 0) is 58.1 Å². The number of fused-ring (bicyclic) bond motifs is 1. The van der Waals surface area contributed by atoms with Crippen molar-refractivity contribution in [1.82, 2.24) is 9.88 Å². The van der Waals surface area contributed by atoms with E-state index in [2.05, 4.69) is 10.6 Å². The van der Waals surface area contributed by atoms with Crippen molar-refractivity contribution < 1.29 is 28.6 Å². The highest BCUT2D eigenvalue weighted by Crippen LogP contribution is 2.31. The number of aromatic nitrogens is 1. The maximum absolute atomic E-state index is 14.9. The third-order valence-electron chi connectivity index (χ3n) is 6.45. The Balaban J connectivity index is 1.72. The summed E-state index contributed by atoms with van der Waals surface area (Å²) >= 11 is 0. The molecular weight excluding hydrogens is 457 g/mol. The van der Waals surface area contributed by atoms with Gasteiger partial charge in [-0.1, -0.05) is 0 Å². The van der Waals surface area contributed by atoms with Gasteiger partial charge in [0, 0.05) is 30.6 Å². The SMILES string of the molecule is C[C@H](CCC(=O)O)NC(=O)c1cn(C2COC(C)(C)OC2)c2cc(NCC3CC3)c(F)cc2c1=O. The number of carbonyl (C=O) groups is 2. The van der Waals surface area contributed by atoms with Crippen LogP contribution in [0.1, 0.15) is 62.9 Å². The van der Waals surface area contributed by atoms with Gasteiger partial charge in [0.1, 0.15) is 11.4 Å². The van der Waals surface area contributed by atoms with Crippen LogP contribution in [0.2, 0.25) is 0 Å². The van der Waals surface area contributed by atoms with Crippen LogP contribution in [0.4, 0.5) is 10.1 Å². The van der Waals surface area contributed by atoms with Gasteiger partial charge in [-0.15, -0.1) is 0 Å². The molecular formula is C25H32FN3O6. The van der Waals surface area contributed by atoms with Gasteiger partial charge in [0.05, 0.1) is 30.5 Å². The molecule has 3 N–H and O–H groups in total. The summed E-state index contributed by atoms with van der Waals surface area (Å²) < 4.78 is 28.3. The highest BCUT2D eigenvalue weighted by molar-refractivity contribution is 5.98. The number of nitrogens with zero attached hydrogens (tertiary/aromatic N) is 1. The molecule has 1 saturated carbocycles. The zero-order chi connectivity index (χ0) is 25.3. The summed E-state index contributed by atoms with van der Waals surface area (Å²) in [5.41, 5.74) is 0.0319. The molecule has 1 aromatic heterocycles. The van der Waals surface area contributed by atoms with Crippen molar-refractivity contribution in [2.75, 3.05) is 25.1 Å². The molecule has 1 saturated heterocycles. The normalized spacial score (nSPS) is 18.9. The molecule has 2 heterocycles. The van der Waals surface area contributed by atoms with E-state index >= 15 is 0 Å². The average Bonchev–Trinajstić information content (AvgIpc) is 3.62. The molecule has 35 heavy (non-hydrogen) atoms. The molecule has 1 aliphatic carbocycles. The molecule has 2 aromatic rings. The highest BCUT2D eigenvalue weighted by Gasteiger charge is 2.31. The third kappa shape index (κ3) is 5.99. The fourth-order valence-corrected chi connectivity index (χ4v) is 4.10. The maximum atomic E-state index is 14.9. The lowest BCUT2D eigenvalue weighted by atomic mass is 10.1. The first kappa shape index (κ1) is 25.1. The number of carboxylic acid groups (broad SMARTS) is 1. The minimum Gasteiger partial charge on any atom is -0.481 e. The van der Waals surface area contributed by atoms with Crippen LogP contribution in [0.5, 0.6) is 0 Å². The fraction of sp³-hybridized carbons (Fsp3) is 0.560. The molecule has 0 spiro atoms. The number of halogens is 1. The second-order valence-electron chi connectivity index (χ2n) is 9.94. The Morgan fingerprint density at radius 3 is 2.57 bits per heavy atom. The van der Waals surface area contributed by atoms with Gasteiger partial charge in [-0.3, -0.25) is 14.4 Å². The Bertz CT molecular complexity index is 1180. The molecule has 2 fully saturated rings. The first-order valence-electron chi connectivity index (χ1n) is 12.0. The zero-order valence-corrected chi connectivity index (χ0v) is 20.2. The number of pyridine rings is 1. The van der Waals surface area contributed by atoms with Crippen molar-refractivity contribution in [3.63, 3.8) is 0 Å². The van der Waals surface area contributed by atoms with E-state index in [4.69, 9.17) is 14.6 Å². The van der Waals surface area contributed by atoms with Gasteiger partial charge in [-0.2, -0.15) is 0 Å². The van der Waals surface area contributed by atoms with Crippen LogP contribution in [0.3, 0.4) is 0 Å². The van der Waals surface area contributed by atoms with E-state index in [0.29, 0.717) is 23.7 Å². The highest BCUT2D eigenvalue weighted by atomic mass is 19.1. The van der Waals surface area contributed by atoms with Gasteiger partial charge in [-0.25, -0.2) is 4.39 Å². The molecule has 1 atom stereocenters. The molecule has 1 aromatic carbocycles. The number of ether oxygens (including phenoxy) is 2. The average molecular weight is 490 g/mol. The van der Waals surface area contributed by atoms with Crippen molar-refractivity contribution in [2.45, 2.75) is 64.3 Å². The first-order chi connectivity index (χ1) is 16.5. The molecule has 9 nitrogen and oxygen atoms in total. The quantitative estimate of drug-likeness (QED) is 0.495. The molecule has 0 unspecified atom stereocenters. The summed E-state index contributed by atoms with van der Waals surface area (Å²) in [5, 5.41) is 14.8. The van der Waals surface area contributed by atoms with E-state index in [9.17, 15) is 18.8 Å². The van der Waals surface area contributed by atoms with Gasteiger partial charge in [0.2, 0.25) is 5.43 Å². The molecule has 1 aliphatic heterocycles. The van der Waals surface area contributed by atoms with Crippen molar-refractivity contribution >= 4 is 28.5 Å². The molecule has 0 bridgehead atoms. The van der Waals surface area contributed by atoms with Gasteiger partial charge >= 0.3 is 5.97 Å². The Morgan fingerprint density at radius 1 is 1.26 bits per heavy atom. The van der Waals surface area contributed by atoms with Crippen LogP contribution < -0.4 is 16.1 Å². The second kappa shape index (κ2) is 9.94. The zero-order valence-electron chi connectivity index (χ0n) is 20.2. The van der Waals surface area contributed by atoms with Gasteiger partial charge < -0.3 is 29.8 Å². The minimum absolute atomic E-state index is 0.0788. The second-order valence-corrected chi connectivity index (χ2v) is 9.94. The predicted octanol–water partition coefficient (Wildman–Crippen LogP) is 3.27. The topological polar surface area (TPSA) is 119 Å². The Morgan fingerprint density at radius 2 is 1.94 bits per heavy atom. The molecule has 1 amide bonds. The number of anilines is 1. The summed E-state index contributed by atoms with van der Waals surface area (Å²) in [6.07, 6.45) is 3.79. The number of hydrogen-bond acceptors (Lipinski definition) is 6. The van der Waals surface area contributed by atoms with Crippen LogP contribution in [-0.2, 0) is 14.3 Å². The molecule has 10 heteroatoms. The number of benzene rings is 1. The molecule has 4 rings (SSSR count). The summed E-state index contributed by atoms with van der Waals surface area (Å²) in [4.78, 5) is 37.1. The van der Waals surface area contributed by atoms with Crippen LogP contribution >= 0.6 is 0 Å². The van der Waals surface area contributed by atoms with E-state index in [1.807, 2.05) is 0 Å². The summed E-state index contributed by atoms with van der Waals surface area (Å²) in [5.74, 6) is -2.40. The fourth-order valence-electron chi connectivity index (χ4n) is 4.10. The van der Waals surface area contributed by atoms with Crippen molar-refractivity contribution in [3.05, 3.63) is 39.9 Å². The van der Waals surface area contributed by atoms with E-state index in [-0.39, 0.29) is 43.0 Å². The van der Waals surface area contributed by atoms with Crippen LogP contribution in [0.25, 0.3) is 10.9 Å². The molecule has 2 aliphatic rings. The number of carboxylic acids is 1. The van der Waals surface area contributed by atoms with Crippen molar-refractivity contribution in [1.29, 1.82) is 0 Å². The van der Waals surface area contributed by atoms with Crippen molar-refractivity contribution in [3.8, 4) is 0 Å². The third-order valence-corrected chi connectivity index (χ3v) is 6.45. The van der Waals surface area contributed by atoms with E-state index in [1.165, 1.54) is 12.3 Å². The largest absolute Gasteiger partial charge is 0.481 e. The van der Waals surface area contributed by atoms with Crippen LogP contribution in [0, 0.1) is 11.7 Å². The van der Waals surface area contributed by atoms with Gasteiger partial charge in [0.15, 0.2) is 5.79 Å². The number of rotatable bonds is 9. The molecule has 0 radical (unpaired) electrons. The number of amides is 1. The lowest BCUT2D eigenvalue weighted by Crippen LogP contribution is -2.41. The van der Waals surface area contributed by atoms with Crippen molar-refractivity contribution in [2.24, 2.45) is 5.92 Å². The first-order valence-corrected chi connectivity index (χ1v) is 12.0. The Kier molecular flexibility index (Phi) is 7.14. The lowest BCUT2D eigenvalue weighted by Gasteiger charge is -2.36. The smallest absolute Gasteiger partial charge is 0.303 e. The lowest BCUT2D eigenvalue weighted by molar-refractivity contribution is -0.258. The van der Waals surface area contributed by atoms with E-state index < -0.39 is 35.0 Å². The standard InChI is InChI=1S/C25H32FN3O6/c1-14(4-7-22(30)31)28-24(33)18-11-29(16-12-34-25(2,3)35-13-16)21-9-20(27-10-15-5-6-15)19(26)8-17(21)23(18)32/h8-9,11,14-16,27H,4-7,10,12-13H2,1-3H3,(H,28,33)(H,30,31)/t14-/m1/s1. The van der Waals surface area contributed by atoms with E-state index in [0.717, 1.165) is 12.8 Å². The Hall–Kier alpha value is -2.98. The monoisotopic (exact) mass is 489 g/mol. The minimum atomic E-state index is -0.971. The van der Waals surface area contributed by atoms with Crippen LogP contribution in [-0.4, -0.2) is 53.1 Å². The number of carbonyl (C=O) groups excluding carboxylic acids is 1. The van der Waals surface area contributed by atoms with E-state index in [1.54, 1.807) is 31.4 Å². The summed E-state index contributed by atoms with van der Waals surface area (Å²) in [6.45, 7) is 6.50. The summed E-state index contributed by atoms with van der Waals surface area (Å²) in [7, 11) is 0. The number of hydrogen-bond donors (Lipinski definition) is 3. The predicted molar refractivity (Wildman–Crippen MR) is 128 cm³/mol. The summed E-state index contributed by atoms with van der Waals surface area (Å²) in [6, 6.07) is 1.97. The Labute approximate surface area is 202 Å².